The number of benzene rings is 2. The molecule has 27 heavy (non-hydrogen) atoms. The van der Waals surface area contributed by atoms with Crippen molar-refractivity contribution < 1.29 is 14.3 Å². The van der Waals surface area contributed by atoms with Crippen LogP contribution in [0.25, 0.3) is 0 Å². The zero-order valence-electron chi connectivity index (χ0n) is 16.4. The van der Waals surface area contributed by atoms with Gasteiger partial charge in [-0.05, 0) is 43.1 Å². The largest absolute Gasteiger partial charge is 0.497 e. The van der Waals surface area contributed by atoms with Crippen LogP contribution in [0.2, 0.25) is 0 Å². The molecule has 1 fully saturated rings. The van der Waals surface area contributed by atoms with Crippen molar-refractivity contribution in [2.75, 3.05) is 34.4 Å². The lowest BCUT2D eigenvalue weighted by Crippen LogP contribution is -2.37. The van der Waals surface area contributed by atoms with Crippen LogP contribution in [0.1, 0.15) is 30.0 Å². The minimum Gasteiger partial charge on any atom is -0.497 e. The number of methoxy groups -OCH3 is 2. The number of carbonyl (C=O) groups excluding carboxylic acids is 1. The van der Waals surface area contributed by atoms with Crippen molar-refractivity contribution >= 4 is 5.91 Å². The van der Waals surface area contributed by atoms with Gasteiger partial charge < -0.3 is 14.4 Å². The smallest absolute Gasteiger partial charge is 0.236 e. The average Bonchev–Trinajstić information content (AvgIpc) is 3.16. The van der Waals surface area contributed by atoms with E-state index in [-0.39, 0.29) is 11.9 Å². The van der Waals surface area contributed by atoms with Crippen molar-refractivity contribution in [1.82, 2.24) is 9.80 Å². The van der Waals surface area contributed by atoms with Crippen LogP contribution >= 0.6 is 0 Å². The Balaban J connectivity index is 1.70. The van der Waals surface area contributed by atoms with Gasteiger partial charge in [0.2, 0.25) is 5.91 Å². The Morgan fingerprint density at radius 2 is 1.93 bits per heavy atom. The van der Waals surface area contributed by atoms with Gasteiger partial charge in [0.25, 0.3) is 0 Å². The van der Waals surface area contributed by atoms with Crippen molar-refractivity contribution in [3.63, 3.8) is 0 Å². The van der Waals surface area contributed by atoms with Crippen molar-refractivity contribution in [3.8, 4) is 11.5 Å². The molecule has 1 unspecified atom stereocenters. The number of rotatable bonds is 7. The number of ether oxygens (including phenoxy) is 2. The van der Waals surface area contributed by atoms with Gasteiger partial charge in [0, 0.05) is 25.2 Å². The van der Waals surface area contributed by atoms with E-state index in [1.807, 2.05) is 55.6 Å². The van der Waals surface area contributed by atoms with Crippen LogP contribution in [-0.2, 0) is 11.3 Å². The number of carbonyl (C=O) groups is 1. The summed E-state index contributed by atoms with van der Waals surface area (Å²) in [5.74, 6) is 1.79. The van der Waals surface area contributed by atoms with Gasteiger partial charge in [-0.25, -0.2) is 0 Å². The Morgan fingerprint density at radius 1 is 1.15 bits per heavy atom. The third-order valence-electron chi connectivity index (χ3n) is 5.19. The Morgan fingerprint density at radius 3 is 2.63 bits per heavy atom. The monoisotopic (exact) mass is 368 g/mol. The van der Waals surface area contributed by atoms with Crippen LogP contribution in [0.4, 0.5) is 0 Å². The standard InChI is InChI=1S/C22H28N2O3/c1-23(15-17-8-5-4-6-9-17)22(25)16-24-13-7-10-20(24)19-14-18(26-2)11-12-21(19)27-3/h4-6,8-9,11-12,14,20H,7,10,13,15-16H2,1-3H3. The molecule has 5 nitrogen and oxygen atoms in total. The maximum Gasteiger partial charge on any atom is 0.236 e. The molecule has 2 aromatic carbocycles. The summed E-state index contributed by atoms with van der Waals surface area (Å²) in [4.78, 5) is 16.8. The molecule has 0 spiro atoms. The first kappa shape index (κ1) is 19.2. The molecular weight excluding hydrogens is 340 g/mol. The normalized spacial score (nSPS) is 16.9. The van der Waals surface area contributed by atoms with Gasteiger partial charge >= 0.3 is 0 Å². The molecule has 0 aromatic heterocycles. The first-order valence-electron chi connectivity index (χ1n) is 9.36. The summed E-state index contributed by atoms with van der Waals surface area (Å²) >= 11 is 0. The topological polar surface area (TPSA) is 42.0 Å². The van der Waals surface area contributed by atoms with E-state index in [1.54, 1.807) is 19.1 Å². The highest BCUT2D eigenvalue weighted by Gasteiger charge is 2.30. The van der Waals surface area contributed by atoms with Crippen molar-refractivity contribution in [1.29, 1.82) is 0 Å². The van der Waals surface area contributed by atoms with Crippen molar-refractivity contribution in [3.05, 3.63) is 59.7 Å². The SMILES string of the molecule is COc1ccc(OC)c(C2CCCN2CC(=O)N(C)Cc2ccccc2)c1. The lowest BCUT2D eigenvalue weighted by Gasteiger charge is -2.28. The van der Waals surface area contributed by atoms with Crippen LogP contribution in [0, 0.1) is 0 Å². The highest BCUT2D eigenvalue weighted by molar-refractivity contribution is 5.78. The lowest BCUT2D eigenvalue weighted by atomic mass is 10.0. The molecule has 2 aromatic rings. The van der Waals surface area contributed by atoms with E-state index in [4.69, 9.17) is 9.47 Å². The van der Waals surface area contributed by atoms with E-state index < -0.39 is 0 Å². The maximum absolute atomic E-state index is 12.8. The summed E-state index contributed by atoms with van der Waals surface area (Å²) in [6.07, 6.45) is 2.08. The summed E-state index contributed by atoms with van der Waals surface area (Å²) in [6.45, 7) is 1.95. The fourth-order valence-electron chi connectivity index (χ4n) is 3.71. The molecule has 1 atom stereocenters. The molecule has 3 rings (SSSR count). The average molecular weight is 368 g/mol. The highest BCUT2D eigenvalue weighted by atomic mass is 16.5. The van der Waals surface area contributed by atoms with E-state index in [2.05, 4.69) is 4.90 Å². The van der Waals surface area contributed by atoms with Gasteiger partial charge in [-0.1, -0.05) is 30.3 Å². The zero-order chi connectivity index (χ0) is 19.2. The predicted molar refractivity (Wildman–Crippen MR) is 106 cm³/mol. The Bertz CT molecular complexity index is 763. The number of likely N-dealkylation sites (N-methyl/N-ethyl adjacent to an activating group) is 1. The number of nitrogens with zero attached hydrogens (tertiary/aromatic N) is 2. The molecule has 144 valence electrons. The van der Waals surface area contributed by atoms with Gasteiger partial charge in [0.1, 0.15) is 11.5 Å². The molecule has 0 N–H and O–H groups in total. The maximum atomic E-state index is 12.8. The number of likely N-dealkylation sites (tertiary alicyclic amines) is 1. The molecule has 1 saturated heterocycles. The van der Waals surface area contributed by atoms with Gasteiger partial charge in [-0.2, -0.15) is 0 Å². The summed E-state index contributed by atoms with van der Waals surface area (Å²) in [6, 6.07) is 16.1. The second-order valence-electron chi connectivity index (χ2n) is 6.97. The summed E-state index contributed by atoms with van der Waals surface area (Å²) in [5, 5.41) is 0. The molecule has 1 heterocycles. The number of hydrogen-bond donors (Lipinski definition) is 0. The second-order valence-corrected chi connectivity index (χ2v) is 6.97. The molecule has 0 radical (unpaired) electrons. The second kappa shape index (κ2) is 8.91. The van der Waals surface area contributed by atoms with E-state index in [0.717, 1.165) is 42.0 Å². The Hall–Kier alpha value is -2.53. The first-order valence-corrected chi connectivity index (χ1v) is 9.36. The molecular formula is C22H28N2O3. The minimum absolute atomic E-state index is 0.132. The van der Waals surface area contributed by atoms with Gasteiger partial charge in [-0.3, -0.25) is 9.69 Å². The third kappa shape index (κ3) is 4.61. The molecule has 0 saturated carbocycles. The molecule has 1 aliphatic heterocycles. The highest BCUT2D eigenvalue weighted by Crippen LogP contribution is 2.38. The van der Waals surface area contributed by atoms with Crippen LogP contribution in [0.3, 0.4) is 0 Å². The van der Waals surface area contributed by atoms with Gasteiger partial charge in [0.05, 0.1) is 20.8 Å². The Labute approximate surface area is 161 Å². The predicted octanol–water partition coefficient (Wildman–Crippen LogP) is 3.50. The Kier molecular flexibility index (Phi) is 6.35. The number of hydrogen-bond acceptors (Lipinski definition) is 4. The first-order chi connectivity index (χ1) is 13.1. The van der Waals surface area contributed by atoms with E-state index in [0.29, 0.717) is 13.1 Å². The molecule has 5 heteroatoms. The van der Waals surface area contributed by atoms with Crippen molar-refractivity contribution in [2.45, 2.75) is 25.4 Å². The number of amides is 1. The lowest BCUT2D eigenvalue weighted by molar-refractivity contribution is -0.131. The molecule has 1 amide bonds. The zero-order valence-corrected chi connectivity index (χ0v) is 16.4. The van der Waals surface area contributed by atoms with E-state index in [9.17, 15) is 4.79 Å². The summed E-state index contributed by atoms with van der Waals surface area (Å²) in [5.41, 5.74) is 2.23. The van der Waals surface area contributed by atoms with Crippen molar-refractivity contribution in [2.24, 2.45) is 0 Å². The van der Waals surface area contributed by atoms with E-state index >= 15 is 0 Å². The van der Waals surface area contributed by atoms with Gasteiger partial charge in [0.15, 0.2) is 0 Å². The summed E-state index contributed by atoms with van der Waals surface area (Å²) < 4.78 is 10.9. The van der Waals surface area contributed by atoms with Crippen LogP contribution < -0.4 is 9.47 Å². The van der Waals surface area contributed by atoms with Crippen LogP contribution in [0.5, 0.6) is 11.5 Å². The minimum atomic E-state index is 0.132. The molecule has 0 aliphatic carbocycles. The quantitative estimate of drug-likeness (QED) is 0.750. The van der Waals surface area contributed by atoms with Crippen LogP contribution in [0.15, 0.2) is 48.5 Å². The molecule has 1 aliphatic rings. The molecule has 0 bridgehead atoms. The van der Waals surface area contributed by atoms with Crippen LogP contribution in [-0.4, -0.2) is 50.1 Å². The van der Waals surface area contributed by atoms with E-state index in [1.165, 1.54) is 0 Å². The van der Waals surface area contributed by atoms with Gasteiger partial charge in [-0.15, -0.1) is 0 Å². The fraction of sp³-hybridized carbons (Fsp3) is 0.409. The third-order valence-corrected chi connectivity index (χ3v) is 5.19. The summed E-state index contributed by atoms with van der Waals surface area (Å²) in [7, 11) is 5.22. The fourth-order valence-corrected chi connectivity index (χ4v) is 3.71.